The molecule has 4 N–H and O–H groups in total. The number of phenols is 4. The van der Waals surface area contributed by atoms with Crippen LogP contribution in [0.3, 0.4) is 0 Å². The Labute approximate surface area is 178 Å². The summed E-state index contributed by atoms with van der Waals surface area (Å²) in [5.74, 6) is 1.32. The first-order chi connectivity index (χ1) is 14.4. The van der Waals surface area contributed by atoms with Crippen molar-refractivity contribution in [2.24, 2.45) is 0 Å². The minimum Gasteiger partial charge on any atom is -0.508 e. The molecular weight excluding hydrogens is 376 g/mol. The zero-order valence-electron chi connectivity index (χ0n) is 17.2. The molecule has 0 aliphatic carbocycles. The average molecular weight is 405 g/mol. The number of rotatable bonds is 0. The monoisotopic (exact) mass is 404 g/mol. The van der Waals surface area contributed by atoms with Crippen LogP contribution in [0.25, 0.3) is 0 Å². The van der Waals surface area contributed by atoms with Crippen LogP contribution in [0.4, 0.5) is 0 Å². The summed E-state index contributed by atoms with van der Waals surface area (Å²) >= 11 is 0. The number of benzene rings is 4. The van der Waals surface area contributed by atoms with Crippen LogP contribution >= 0.6 is 0 Å². The van der Waals surface area contributed by atoms with Crippen molar-refractivity contribution in [3.63, 3.8) is 0 Å². The molecule has 156 valence electrons. The van der Waals surface area contributed by atoms with E-state index in [0.717, 1.165) is 11.1 Å². The fraction of sp³-hybridized carbons (Fsp3) is 0.0769. The summed E-state index contributed by atoms with van der Waals surface area (Å²) in [6, 6.07) is 31.7. The van der Waals surface area contributed by atoms with E-state index in [-0.39, 0.29) is 0 Å². The van der Waals surface area contributed by atoms with Crippen molar-refractivity contribution in [3.8, 4) is 23.0 Å². The van der Waals surface area contributed by atoms with Gasteiger partial charge in [0, 0.05) is 0 Å². The van der Waals surface area contributed by atoms with E-state index in [9.17, 15) is 0 Å². The largest absolute Gasteiger partial charge is 0.508 e. The fourth-order valence-electron chi connectivity index (χ4n) is 2.11. The lowest BCUT2D eigenvalue weighted by atomic mass is 10.2. The molecule has 4 aromatic rings. The summed E-state index contributed by atoms with van der Waals surface area (Å²) in [7, 11) is 0. The normalized spacial score (nSPS) is 8.87. The molecule has 4 aromatic carbocycles. The summed E-state index contributed by atoms with van der Waals surface area (Å²) in [5.41, 5.74) is 2.18. The molecule has 4 heteroatoms. The highest BCUT2D eigenvalue weighted by Crippen LogP contribution is 2.09. The second-order valence-corrected chi connectivity index (χ2v) is 6.35. The lowest BCUT2D eigenvalue weighted by Gasteiger charge is -1.89. The van der Waals surface area contributed by atoms with Gasteiger partial charge in [0.25, 0.3) is 0 Å². The van der Waals surface area contributed by atoms with Crippen LogP contribution in [0.15, 0.2) is 109 Å². The quantitative estimate of drug-likeness (QED) is 0.282. The van der Waals surface area contributed by atoms with E-state index < -0.39 is 0 Å². The van der Waals surface area contributed by atoms with Gasteiger partial charge in [-0.1, -0.05) is 60.7 Å². The third-order valence-electron chi connectivity index (χ3n) is 3.52. The Bertz CT molecular complexity index is 839. The SMILES string of the molecule is Cc1cccc(O)c1.Cc1cccc(O)c1.Oc1ccccc1.Oc1ccccc1. The Morgan fingerprint density at radius 3 is 0.833 bits per heavy atom. The van der Waals surface area contributed by atoms with E-state index in [1.54, 1.807) is 72.8 Å². The second-order valence-electron chi connectivity index (χ2n) is 6.35. The summed E-state index contributed by atoms with van der Waals surface area (Å²) in [6.07, 6.45) is 0. The maximum absolute atomic E-state index is 8.81. The number of phenolic OH excluding ortho intramolecular Hbond substituents is 4. The molecule has 4 rings (SSSR count). The smallest absolute Gasteiger partial charge is 0.115 e. The van der Waals surface area contributed by atoms with E-state index >= 15 is 0 Å². The van der Waals surface area contributed by atoms with E-state index in [0.29, 0.717) is 23.0 Å². The second kappa shape index (κ2) is 14.1. The van der Waals surface area contributed by atoms with Gasteiger partial charge in [-0.2, -0.15) is 0 Å². The van der Waals surface area contributed by atoms with Crippen LogP contribution in [-0.4, -0.2) is 20.4 Å². The minimum atomic E-state index is 0.322. The number of para-hydroxylation sites is 2. The number of hydrogen-bond acceptors (Lipinski definition) is 4. The molecule has 0 fully saturated rings. The van der Waals surface area contributed by atoms with Gasteiger partial charge in [-0.25, -0.2) is 0 Å². The van der Waals surface area contributed by atoms with Gasteiger partial charge in [-0.15, -0.1) is 0 Å². The molecule has 0 radical (unpaired) electrons. The van der Waals surface area contributed by atoms with Crippen molar-refractivity contribution in [3.05, 3.63) is 120 Å². The molecule has 0 atom stereocenters. The average Bonchev–Trinajstić information content (AvgIpc) is 2.70. The van der Waals surface area contributed by atoms with Crippen LogP contribution in [0.1, 0.15) is 11.1 Å². The summed E-state index contributed by atoms with van der Waals surface area (Å²) < 4.78 is 0. The van der Waals surface area contributed by atoms with Crippen LogP contribution < -0.4 is 0 Å². The molecule has 0 saturated heterocycles. The van der Waals surface area contributed by atoms with Gasteiger partial charge >= 0.3 is 0 Å². The molecule has 0 amide bonds. The van der Waals surface area contributed by atoms with Crippen molar-refractivity contribution in [1.29, 1.82) is 0 Å². The van der Waals surface area contributed by atoms with E-state index in [1.165, 1.54) is 0 Å². The molecule has 0 aliphatic heterocycles. The summed E-state index contributed by atoms with van der Waals surface area (Å²) in [5, 5.41) is 34.9. The fourth-order valence-corrected chi connectivity index (χ4v) is 2.11. The Balaban J connectivity index is 0.000000200. The number of hydrogen-bond donors (Lipinski definition) is 4. The third kappa shape index (κ3) is 12.5. The predicted octanol–water partition coefficient (Wildman–Crippen LogP) is 6.19. The van der Waals surface area contributed by atoms with Crippen molar-refractivity contribution >= 4 is 0 Å². The molecule has 0 spiro atoms. The predicted molar refractivity (Wildman–Crippen MR) is 122 cm³/mol. The molecule has 0 heterocycles. The van der Waals surface area contributed by atoms with Crippen LogP contribution in [0, 0.1) is 13.8 Å². The van der Waals surface area contributed by atoms with Gasteiger partial charge in [0.1, 0.15) is 23.0 Å². The van der Waals surface area contributed by atoms with Gasteiger partial charge in [-0.05, 0) is 73.5 Å². The molecule has 0 aromatic heterocycles. The van der Waals surface area contributed by atoms with Gasteiger partial charge < -0.3 is 20.4 Å². The highest BCUT2D eigenvalue weighted by atomic mass is 16.3. The lowest BCUT2D eigenvalue weighted by Crippen LogP contribution is -1.66. The van der Waals surface area contributed by atoms with E-state index in [4.69, 9.17) is 20.4 Å². The molecule has 0 unspecified atom stereocenters. The standard InChI is InChI=1S/2C7H8O.2C6H6O/c2*1-6-3-2-4-7(8)5-6;2*7-6-4-2-1-3-5-6/h2*2-5,8H,1H3;2*1-5,7H. The minimum absolute atomic E-state index is 0.322. The van der Waals surface area contributed by atoms with E-state index in [2.05, 4.69) is 0 Å². The van der Waals surface area contributed by atoms with Gasteiger partial charge in [0.15, 0.2) is 0 Å². The van der Waals surface area contributed by atoms with Gasteiger partial charge in [0.05, 0.1) is 0 Å². The number of aromatic hydroxyl groups is 4. The summed E-state index contributed by atoms with van der Waals surface area (Å²) in [6.45, 7) is 3.89. The Morgan fingerprint density at radius 1 is 0.367 bits per heavy atom. The molecule has 0 aliphatic rings. The molecule has 4 nitrogen and oxygen atoms in total. The third-order valence-corrected chi connectivity index (χ3v) is 3.52. The topological polar surface area (TPSA) is 80.9 Å². The first-order valence-electron chi connectivity index (χ1n) is 9.36. The zero-order chi connectivity index (χ0) is 22.2. The summed E-state index contributed by atoms with van der Waals surface area (Å²) in [4.78, 5) is 0. The molecule has 30 heavy (non-hydrogen) atoms. The van der Waals surface area contributed by atoms with Gasteiger partial charge in [0.2, 0.25) is 0 Å². The van der Waals surface area contributed by atoms with Crippen molar-refractivity contribution in [2.45, 2.75) is 13.8 Å². The molecule has 0 saturated carbocycles. The van der Waals surface area contributed by atoms with Crippen LogP contribution in [0.2, 0.25) is 0 Å². The van der Waals surface area contributed by atoms with Crippen LogP contribution in [0.5, 0.6) is 23.0 Å². The molecule has 0 bridgehead atoms. The van der Waals surface area contributed by atoms with E-state index in [1.807, 2.05) is 50.2 Å². The zero-order valence-corrected chi connectivity index (χ0v) is 17.2. The maximum Gasteiger partial charge on any atom is 0.115 e. The Hall–Kier alpha value is -3.92. The first kappa shape index (κ1) is 24.1. The Kier molecular flexibility index (Phi) is 11.4. The van der Waals surface area contributed by atoms with Gasteiger partial charge in [-0.3, -0.25) is 0 Å². The maximum atomic E-state index is 8.81. The van der Waals surface area contributed by atoms with Crippen molar-refractivity contribution in [1.82, 2.24) is 0 Å². The Morgan fingerprint density at radius 2 is 0.667 bits per heavy atom. The highest BCUT2D eigenvalue weighted by molar-refractivity contribution is 5.26. The lowest BCUT2D eigenvalue weighted by molar-refractivity contribution is 0.474. The first-order valence-corrected chi connectivity index (χ1v) is 9.36. The molecular formula is C26H28O4. The highest BCUT2D eigenvalue weighted by Gasteiger charge is 1.84. The van der Waals surface area contributed by atoms with Crippen molar-refractivity contribution in [2.75, 3.05) is 0 Å². The number of aryl methyl sites for hydroxylation is 2. The van der Waals surface area contributed by atoms with Crippen molar-refractivity contribution < 1.29 is 20.4 Å². The van der Waals surface area contributed by atoms with Crippen LogP contribution in [-0.2, 0) is 0 Å².